The summed E-state index contributed by atoms with van der Waals surface area (Å²) in [5.74, 6) is -1.69. The number of hydrogen-bond acceptors (Lipinski definition) is 3. The molecule has 0 amide bonds. The van der Waals surface area contributed by atoms with Crippen molar-refractivity contribution >= 4 is 15.7 Å². The summed E-state index contributed by atoms with van der Waals surface area (Å²) in [6.07, 6.45) is 2.84. The van der Waals surface area contributed by atoms with Crippen molar-refractivity contribution in [2.75, 3.05) is 31.2 Å². The number of nitrogens with zero attached hydrogens (tertiary/aromatic N) is 1. The SMILES string of the molecule is CS(=O)(=O)N1CCCC(CNc2cccc(F)c2F)C1. The Balaban J connectivity index is 1.95. The second-order valence-corrected chi connectivity index (χ2v) is 7.09. The van der Waals surface area contributed by atoms with Crippen LogP contribution in [0.3, 0.4) is 0 Å². The van der Waals surface area contributed by atoms with E-state index in [9.17, 15) is 17.2 Å². The molecule has 1 aromatic carbocycles. The topological polar surface area (TPSA) is 49.4 Å². The lowest BCUT2D eigenvalue weighted by molar-refractivity contribution is 0.276. The van der Waals surface area contributed by atoms with Crippen LogP contribution in [0.1, 0.15) is 12.8 Å². The van der Waals surface area contributed by atoms with E-state index in [1.165, 1.54) is 22.7 Å². The van der Waals surface area contributed by atoms with Gasteiger partial charge >= 0.3 is 0 Å². The molecule has 0 bridgehead atoms. The first kappa shape index (κ1) is 15.2. The first-order valence-electron chi connectivity index (χ1n) is 6.51. The van der Waals surface area contributed by atoms with Crippen LogP contribution in [0.4, 0.5) is 14.5 Å². The van der Waals surface area contributed by atoms with E-state index in [-0.39, 0.29) is 11.6 Å². The Bertz CT molecular complexity index is 578. The molecule has 0 aromatic heterocycles. The highest BCUT2D eigenvalue weighted by molar-refractivity contribution is 7.88. The molecule has 7 heteroatoms. The van der Waals surface area contributed by atoms with Crippen molar-refractivity contribution in [3.05, 3.63) is 29.8 Å². The van der Waals surface area contributed by atoms with E-state index < -0.39 is 21.7 Å². The van der Waals surface area contributed by atoms with Gasteiger partial charge in [0.15, 0.2) is 11.6 Å². The molecular weight excluding hydrogens is 286 g/mol. The highest BCUT2D eigenvalue weighted by Crippen LogP contribution is 2.21. The number of piperidine rings is 1. The first-order valence-corrected chi connectivity index (χ1v) is 8.36. The Morgan fingerprint density at radius 1 is 1.40 bits per heavy atom. The minimum atomic E-state index is -3.19. The molecule has 112 valence electrons. The van der Waals surface area contributed by atoms with Crippen LogP contribution < -0.4 is 5.32 Å². The van der Waals surface area contributed by atoms with Crippen molar-refractivity contribution < 1.29 is 17.2 Å². The van der Waals surface area contributed by atoms with Gasteiger partial charge in [-0.2, -0.15) is 0 Å². The fraction of sp³-hybridized carbons (Fsp3) is 0.538. The normalized spacial score (nSPS) is 20.9. The van der Waals surface area contributed by atoms with E-state index >= 15 is 0 Å². The van der Waals surface area contributed by atoms with E-state index in [1.807, 2.05) is 0 Å². The number of halogens is 2. The van der Waals surface area contributed by atoms with Gasteiger partial charge in [-0.1, -0.05) is 6.07 Å². The standard InChI is InChI=1S/C13H18F2N2O2S/c1-20(18,19)17-7-3-4-10(9-17)8-16-12-6-2-5-11(14)13(12)15/h2,5-6,10,16H,3-4,7-9H2,1H3. The summed E-state index contributed by atoms with van der Waals surface area (Å²) in [6.45, 7) is 1.37. The van der Waals surface area contributed by atoms with Gasteiger partial charge in [0.25, 0.3) is 0 Å². The van der Waals surface area contributed by atoms with E-state index in [1.54, 1.807) is 0 Å². The van der Waals surface area contributed by atoms with Crippen LogP contribution in [-0.2, 0) is 10.0 Å². The van der Waals surface area contributed by atoms with Crippen molar-refractivity contribution in [3.63, 3.8) is 0 Å². The number of rotatable bonds is 4. The maximum Gasteiger partial charge on any atom is 0.211 e. The van der Waals surface area contributed by atoms with Gasteiger partial charge < -0.3 is 5.32 Å². The lowest BCUT2D eigenvalue weighted by Gasteiger charge is -2.31. The smallest absolute Gasteiger partial charge is 0.211 e. The van der Waals surface area contributed by atoms with Crippen LogP contribution in [0, 0.1) is 17.6 Å². The summed E-state index contributed by atoms with van der Waals surface area (Å²) in [6, 6.07) is 3.96. The van der Waals surface area contributed by atoms with Gasteiger partial charge in [-0.15, -0.1) is 0 Å². The molecule has 20 heavy (non-hydrogen) atoms. The zero-order valence-electron chi connectivity index (χ0n) is 11.3. The zero-order chi connectivity index (χ0) is 14.8. The molecule has 2 rings (SSSR count). The maximum atomic E-state index is 13.5. The molecule has 1 N–H and O–H groups in total. The Kier molecular flexibility index (Phi) is 4.59. The third kappa shape index (κ3) is 3.67. The molecular formula is C13H18F2N2O2S. The third-order valence-electron chi connectivity index (χ3n) is 3.48. The maximum absolute atomic E-state index is 13.5. The first-order chi connectivity index (χ1) is 9.38. The number of benzene rings is 1. The van der Waals surface area contributed by atoms with Crippen molar-refractivity contribution in [1.29, 1.82) is 0 Å². The zero-order valence-corrected chi connectivity index (χ0v) is 12.1. The molecule has 0 radical (unpaired) electrons. The predicted octanol–water partition coefficient (Wildman–Crippen LogP) is 2.05. The number of nitrogens with one attached hydrogen (secondary N) is 1. The molecule has 1 atom stereocenters. The van der Waals surface area contributed by atoms with E-state index in [4.69, 9.17) is 0 Å². The monoisotopic (exact) mass is 304 g/mol. The summed E-state index contributed by atoms with van der Waals surface area (Å²) in [5.41, 5.74) is 0.112. The van der Waals surface area contributed by atoms with Crippen LogP contribution in [0.25, 0.3) is 0 Å². The van der Waals surface area contributed by atoms with Crippen molar-refractivity contribution in [2.45, 2.75) is 12.8 Å². The van der Waals surface area contributed by atoms with Crippen LogP contribution in [0.5, 0.6) is 0 Å². The summed E-state index contributed by atoms with van der Waals surface area (Å²) in [7, 11) is -3.19. The van der Waals surface area contributed by atoms with Crippen LogP contribution in [0.2, 0.25) is 0 Å². The number of anilines is 1. The molecule has 1 heterocycles. The molecule has 0 spiro atoms. The molecule has 0 saturated carbocycles. The van der Waals surface area contributed by atoms with Gasteiger partial charge in [0.05, 0.1) is 11.9 Å². The van der Waals surface area contributed by atoms with Gasteiger partial charge in [0, 0.05) is 19.6 Å². The highest BCUT2D eigenvalue weighted by Gasteiger charge is 2.25. The number of hydrogen-bond donors (Lipinski definition) is 1. The van der Waals surface area contributed by atoms with E-state index in [2.05, 4.69) is 5.32 Å². The summed E-state index contributed by atoms with van der Waals surface area (Å²) in [5, 5.41) is 2.86. The molecule has 1 aliphatic heterocycles. The van der Waals surface area contributed by atoms with Gasteiger partial charge in [-0.05, 0) is 30.9 Å². The van der Waals surface area contributed by atoms with Crippen molar-refractivity contribution in [2.24, 2.45) is 5.92 Å². The Hall–Kier alpha value is -1.21. The van der Waals surface area contributed by atoms with Crippen LogP contribution in [-0.4, -0.2) is 38.6 Å². The third-order valence-corrected chi connectivity index (χ3v) is 4.75. The van der Waals surface area contributed by atoms with Crippen LogP contribution in [0.15, 0.2) is 18.2 Å². The van der Waals surface area contributed by atoms with Crippen LogP contribution >= 0.6 is 0 Å². The molecule has 1 fully saturated rings. The summed E-state index contributed by atoms with van der Waals surface area (Å²) in [4.78, 5) is 0. The van der Waals surface area contributed by atoms with Gasteiger partial charge in [0.1, 0.15) is 0 Å². The second kappa shape index (κ2) is 6.05. The second-order valence-electron chi connectivity index (χ2n) is 5.11. The van der Waals surface area contributed by atoms with E-state index in [0.717, 1.165) is 18.9 Å². The van der Waals surface area contributed by atoms with Gasteiger partial charge in [0.2, 0.25) is 10.0 Å². The van der Waals surface area contributed by atoms with Crippen molar-refractivity contribution in [1.82, 2.24) is 4.31 Å². The van der Waals surface area contributed by atoms with Gasteiger partial charge in [-0.25, -0.2) is 21.5 Å². The lowest BCUT2D eigenvalue weighted by Crippen LogP contribution is -2.41. The fourth-order valence-electron chi connectivity index (χ4n) is 2.39. The summed E-state index contributed by atoms with van der Waals surface area (Å²) >= 11 is 0. The molecule has 1 aromatic rings. The highest BCUT2D eigenvalue weighted by atomic mass is 32.2. The van der Waals surface area contributed by atoms with E-state index in [0.29, 0.717) is 19.6 Å². The average molecular weight is 304 g/mol. The van der Waals surface area contributed by atoms with Gasteiger partial charge in [-0.3, -0.25) is 0 Å². The average Bonchev–Trinajstić information content (AvgIpc) is 2.40. The molecule has 0 aliphatic carbocycles. The molecule has 1 saturated heterocycles. The molecule has 1 aliphatic rings. The fourth-order valence-corrected chi connectivity index (χ4v) is 3.33. The lowest BCUT2D eigenvalue weighted by atomic mass is 9.99. The summed E-state index contributed by atoms with van der Waals surface area (Å²) < 4.78 is 51.0. The Labute approximate surface area is 117 Å². The Morgan fingerprint density at radius 3 is 2.85 bits per heavy atom. The van der Waals surface area contributed by atoms with Crippen molar-refractivity contribution in [3.8, 4) is 0 Å². The Morgan fingerprint density at radius 2 is 2.15 bits per heavy atom. The minimum Gasteiger partial charge on any atom is -0.382 e. The number of sulfonamides is 1. The minimum absolute atomic E-state index is 0.0983. The predicted molar refractivity (Wildman–Crippen MR) is 74.0 cm³/mol. The molecule has 1 unspecified atom stereocenters. The largest absolute Gasteiger partial charge is 0.382 e. The molecule has 4 nitrogen and oxygen atoms in total. The quantitative estimate of drug-likeness (QED) is 0.926.